The Kier molecular flexibility index (Phi) is 4.65. The SMILES string of the molecule is NCC1CCCCC1Cc1ccc(I)cc1. The van der Waals surface area contributed by atoms with Crippen molar-refractivity contribution >= 4 is 22.6 Å². The highest BCUT2D eigenvalue weighted by Gasteiger charge is 2.23. The van der Waals surface area contributed by atoms with Crippen molar-refractivity contribution in [1.82, 2.24) is 0 Å². The second kappa shape index (κ2) is 6.01. The fraction of sp³-hybridized carbons (Fsp3) is 0.571. The summed E-state index contributed by atoms with van der Waals surface area (Å²) < 4.78 is 1.32. The molecule has 16 heavy (non-hydrogen) atoms. The van der Waals surface area contributed by atoms with E-state index in [4.69, 9.17) is 5.73 Å². The van der Waals surface area contributed by atoms with Crippen molar-refractivity contribution in [3.63, 3.8) is 0 Å². The van der Waals surface area contributed by atoms with Crippen LogP contribution in [0.2, 0.25) is 0 Å². The van der Waals surface area contributed by atoms with Crippen LogP contribution in [0.25, 0.3) is 0 Å². The summed E-state index contributed by atoms with van der Waals surface area (Å²) in [6.07, 6.45) is 6.70. The molecule has 0 amide bonds. The first kappa shape index (κ1) is 12.4. The molecule has 1 aromatic rings. The van der Waals surface area contributed by atoms with Gasteiger partial charge in [0, 0.05) is 3.57 Å². The summed E-state index contributed by atoms with van der Waals surface area (Å²) in [6.45, 7) is 0.870. The first-order valence-corrected chi connectivity index (χ1v) is 7.32. The fourth-order valence-corrected chi connectivity index (χ4v) is 3.15. The van der Waals surface area contributed by atoms with Gasteiger partial charge >= 0.3 is 0 Å². The highest BCUT2D eigenvalue weighted by Crippen LogP contribution is 2.31. The number of halogens is 1. The first-order valence-electron chi connectivity index (χ1n) is 6.24. The number of hydrogen-bond acceptors (Lipinski definition) is 1. The van der Waals surface area contributed by atoms with Crippen LogP contribution in [-0.2, 0) is 6.42 Å². The van der Waals surface area contributed by atoms with Crippen molar-refractivity contribution in [2.45, 2.75) is 32.1 Å². The van der Waals surface area contributed by atoms with Crippen LogP contribution in [0.5, 0.6) is 0 Å². The third-order valence-corrected chi connectivity index (χ3v) is 4.50. The molecule has 0 heterocycles. The van der Waals surface area contributed by atoms with E-state index in [0.717, 1.165) is 18.4 Å². The van der Waals surface area contributed by atoms with E-state index in [1.54, 1.807) is 0 Å². The quantitative estimate of drug-likeness (QED) is 0.843. The maximum Gasteiger partial charge on any atom is 0.0130 e. The average Bonchev–Trinajstić information content (AvgIpc) is 2.33. The Balaban J connectivity index is 1.99. The molecular formula is C14H20IN. The lowest BCUT2D eigenvalue weighted by Gasteiger charge is -2.30. The Labute approximate surface area is 112 Å². The molecule has 2 unspecified atom stereocenters. The van der Waals surface area contributed by atoms with Crippen molar-refractivity contribution in [2.24, 2.45) is 17.6 Å². The van der Waals surface area contributed by atoms with Gasteiger partial charge in [-0.3, -0.25) is 0 Å². The Morgan fingerprint density at radius 2 is 1.69 bits per heavy atom. The molecule has 1 saturated carbocycles. The van der Waals surface area contributed by atoms with Crippen molar-refractivity contribution < 1.29 is 0 Å². The monoisotopic (exact) mass is 329 g/mol. The lowest BCUT2D eigenvalue weighted by molar-refractivity contribution is 0.242. The van der Waals surface area contributed by atoms with Crippen molar-refractivity contribution in [2.75, 3.05) is 6.54 Å². The largest absolute Gasteiger partial charge is 0.330 e. The zero-order valence-corrected chi connectivity index (χ0v) is 11.8. The topological polar surface area (TPSA) is 26.0 Å². The van der Waals surface area contributed by atoms with Gasteiger partial charge in [0.2, 0.25) is 0 Å². The van der Waals surface area contributed by atoms with E-state index >= 15 is 0 Å². The predicted molar refractivity (Wildman–Crippen MR) is 77.4 cm³/mol. The standard InChI is InChI=1S/C14H20IN/c15-14-7-5-11(6-8-14)9-12-3-1-2-4-13(12)10-16/h5-8,12-13H,1-4,9-10,16H2. The van der Waals surface area contributed by atoms with Gasteiger partial charge in [0.25, 0.3) is 0 Å². The Hall–Kier alpha value is -0.0900. The molecule has 1 aliphatic carbocycles. The first-order chi connectivity index (χ1) is 7.79. The van der Waals surface area contributed by atoms with Crippen LogP contribution < -0.4 is 5.73 Å². The van der Waals surface area contributed by atoms with Crippen LogP contribution in [0.3, 0.4) is 0 Å². The van der Waals surface area contributed by atoms with E-state index in [1.807, 2.05) is 0 Å². The molecule has 1 aliphatic rings. The Bertz CT molecular complexity index is 320. The molecule has 0 aromatic heterocycles. The molecule has 0 saturated heterocycles. The third-order valence-electron chi connectivity index (χ3n) is 3.78. The molecule has 0 aliphatic heterocycles. The number of rotatable bonds is 3. The molecule has 0 radical (unpaired) electrons. The third kappa shape index (κ3) is 3.20. The lowest BCUT2D eigenvalue weighted by Crippen LogP contribution is -2.28. The van der Waals surface area contributed by atoms with E-state index < -0.39 is 0 Å². The molecular weight excluding hydrogens is 309 g/mol. The molecule has 2 N–H and O–H groups in total. The average molecular weight is 329 g/mol. The van der Waals surface area contributed by atoms with Crippen LogP contribution in [-0.4, -0.2) is 6.54 Å². The minimum atomic E-state index is 0.757. The second-order valence-corrected chi connectivity index (χ2v) is 6.12. The van der Waals surface area contributed by atoms with Gasteiger partial charge in [-0.25, -0.2) is 0 Å². The van der Waals surface area contributed by atoms with E-state index in [2.05, 4.69) is 46.9 Å². The lowest BCUT2D eigenvalue weighted by atomic mass is 9.76. The minimum Gasteiger partial charge on any atom is -0.330 e. The maximum absolute atomic E-state index is 5.87. The number of nitrogens with two attached hydrogens (primary N) is 1. The molecule has 2 atom stereocenters. The highest BCUT2D eigenvalue weighted by molar-refractivity contribution is 14.1. The fourth-order valence-electron chi connectivity index (χ4n) is 2.79. The van der Waals surface area contributed by atoms with Crippen molar-refractivity contribution in [3.8, 4) is 0 Å². The normalized spacial score (nSPS) is 25.6. The molecule has 0 bridgehead atoms. The van der Waals surface area contributed by atoms with E-state index in [1.165, 1.54) is 41.2 Å². The van der Waals surface area contributed by atoms with Gasteiger partial charge in [-0.15, -0.1) is 0 Å². The van der Waals surface area contributed by atoms with Crippen LogP contribution in [0.1, 0.15) is 31.2 Å². The minimum absolute atomic E-state index is 0.757. The second-order valence-electron chi connectivity index (χ2n) is 4.87. The highest BCUT2D eigenvalue weighted by atomic mass is 127. The molecule has 1 fully saturated rings. The maximum atomic E-state index is 5.87. The van der Waals surface area contributed by atoms with E-state index in [0.29, 0.717) is 0 Å². The van der Waals surface area contributed by atoms with Crippen LogP contribution in [0, 0.1) is 15.4 Å². The van der Waals surface area contributed by atoms with Crippen LogP contribution in [0.15, 0.2) is 24.3 Å². The van der Waals surface area contributed by atoms with Crippen LogP contribution in [0.4, 0.5) is 0 Å². The summed E-state index contributed by atoms with van der Waals surface area (Å²) in [7, 11) is 0. The summed E-state index contributed by atoms with van der Waals surface area (Å²) in [4.78, 5) is 0. The van der Waals surface area contributed by atoms with Gasteiger partial charge in [-0.2, -0.15) is 0 Å². The smallest absolute Gasteiger partial charge is 0.0130 e. The number of hydrogen-bond donors (Lipinski definition) is 1. The molecule has 88 valence electrons. The number of benzene rings is 1. The molecule has 1 aromatic carbocycles. The van der Waals surface area contributed by atoms with Crippen molar-refractivity contribution in [3.05, 3.63) is 33.4 Å². The molecule has 2 rings (SSSR count). The Morgan fingerprint density at radius 3 is 2.31 bits per heavy atom. The van der Waals surface area contributed by atoms with Crippen LogP contribution >= 0.6 is 22.6 Å². The van der Waals surface area contributed by atoms with Gasteiger partial charge in [-0.1, -0.05) is 25.0 Å². The van der Waals surface area contributed by atoms with Gasteiger partial charge in [0.1, 0.15) is 0 Å². The van der Waals surface area contributed by atoms with Gasteiger partial charge < -0.3 is 5.73 Å². The van der Waals surface area contributed by atoms with Crippen molar-refractivity contribution in [1.29, 1.82) is 0 Å². The zero-order chi connectivity index (χ0) is 11.4. The molecule has 1 nitrogen and oxygen atoms in total. The van der Waals surface area contributed by atoms with E-state index in [-0.39, 0.29) is 0 Å². The summed E-state index contributed by atoms with van der Waals surface area (Å²) in [6, 6.07) is 8.94. The van der Waals surface area contributed by atoms with E-state index in [9.17, 15) is 0 Å². The summed E-state index contributed by atoms with van der Waals surface area (Å²) in [5.41, 5.74) is 7.35. The van der Waals surface area contributed by atoms with Gasteiger partial charge in [0.05, 0.1) is 0 Å². The molecule has 2 heteroatoms. The summed E-state index contributed by atoms with van der Waals surface area (Å²) in [5, 5.41) is 0. The van der Waals surface area contributed by atoms with Gasteiger partial charge in [-0.05, 0) is 77.9 Å². The zero-order valence-electron chi connectivity index (χ0n) is 9.66. The molecule has 0 spiro atoms. The summed E-state index contributed by atoms with van der Waals surface area (Å²) in [5.74, 6) is 1.58. The summed E-state index contributed by atoms with van der Waals surface area (Å²) >= 11 is 2.36. The van der Waals surface area contributed by atoms with Gasteiger partial charge in [0.15, 0.2) is 0 Å². The predicted octanol–water partition coefficient (Wildman–Crippen LogP) is 3.60. The Morgan fingerprint density at radius 1 is 1.06 bits per heavy atom.